The van der Waals surface area contributed by atoms with Crippen molar-refractivity contribution in [3.05, 3.63) is 35.8 Å². The van der Waals surface area contributed by atoms with Gasteiger partial charge in [-0.25, -0.2) is 4.98 Å². The number of unbranched alkanes of at least 4 members (excludes halogenated alkanes) is 1. The van der Waals surface area contributed by atoms with Crippen LogP contribution in [0.1, 0.15) is 56.7 Å². The van der Waals surface area contributed by atoms with Crippen LogP contribution in [0.2, 0.25) is 0 Å². The highest BCUT2D eigenvalue weighted by atomic mass is 14.9. The third-order valence-electron chi connectivity index (χ3n) is 4.30. The van der Waals surface area contributed by atoms with E-state index >= 15 is 0 Å². The number of nitrogens with zero attached hydrogens (tertiary/aromatic N) is 2. The number of pyridine rings is 2. The fraction of sp³-hybridized carbons (Fsp3) is 0.444. The average molecular weight is 298 g/mol. The van der Waals surface area contributed by atoms with Crippen LogP contribution in [-0.2, 0) is 0 Å². The van der Waals surface area contributed by atoms with Crippen LogP contribution in [-0.4, -0.2) is 9.97 Å². The van der Waals surface area contributed by atoms with Crippen LogP contribution in [0.4, 0.5) is 11.5 Å². The van der Waals surface area contributed by atoms with Crippen molar-refractivity contribution >= 4 is 11.5 Å². The van der Waals surface area contributed by atoms with Gasteiger partial charge in [0.25, 0.3) is 0 Å². The van der Waals surface area contributed by atoms with Gasteiger partial charge >= 0.3 is 0 Å². The minimum atomic E-state index is 0.383. The number of nitrogens with two attached hydrogens (primary N) is 2. The molecule has 0 spiro atoms. The molecule has 2 heterocycles. The molecule has 0 radical (unpaired) electrons. The summed E-state index contributed by atoms with van der Waals surface area (Å²) in [4.78, 5) is 8.54. The summed E-state index contributed by atoms with van der Waals surface area (Å²) in [6.07, 6.45) is 8.34. The molecule has 1 unspecified atom stereocenters. The predicted molar refractivity (Wildman–Crippen MR) is 93.6 cm³/mol. The van der Waals surface area contributed by atoms with Gasteiger partial charge in [-0.15, -0.1) is 0 Å². The Morgan fingerprint density at radius 2 is 1.82 bits per heavy atom. The van der Waals surface area contributed by atoms with Gasteiger partial charge in [-0.1, -0.05) is 26.7 Å². The van der Waals surface area contributed by atoms with Gasteiger partial charge in [-0.3, -0.25) is 4.98 Å². The molecule has 2 aromatic heterocycles. The maximum Gasteiger partial charge on any atom is 0.147 e. The maximum absolute atomic E-state index is 6.18. The van der Waals surface area contributed by atoms with E-state index < -0.39 is 0 Å². The Bertz CT molecular complexity index is 637. The predicted octanol–water partition coefficient (Wildman–Crippen LogP) is 4.30. The number of anilines is 2. The highest BCUT2D eigenvalue weighted by molar-refractivity contribution is 5.85. The van der Waals surface area contributed by atoms with Crippen LogP contribution in [0.3, 0.4) is 0 Å². The Kier molecular flexibility index (Phi) is 5.36. The zero-order valence-electron chi connectivity index (χ0n) is 13.8. The summed E-state index contributed by atoms with van der Waals surface area (Å²) >= 11 is 0. The molecule has 0 aliphatic heterocycles. The second-order valence-electron chi connectivity index (χ2n) is 5.77. The summed E-state index contributed by atoms with van der Waals surface area (Å²) < 4.78 is 0. The molecule has 0 aliphatic rings. The van der Waals surface area contributed by atoms with E-state index in [-0.39, 0.29) is 0 Å². The number of hydrogen-bond acceptors (Lipinski definition) is 4. The van der Waals surface area contributed by atoms with Crippen molar-refractivity contribution in [3.8, 4) is 11.1 Å². The molecule has 0 aliphatic carbocycles. The number of hydrogen-bond donors (Lipinski definition) is 2. The second-order valence-corrected chi connectivity index (χ2v) is 5.77. The number of nitrogen functional groups attached to an aromatic ring is 2. The van der Waals surface area contributed by atoms with Gasteiger partial charge in [-0.05, 0) is 43.4 Å². The third-order valence-corrected chi connectivity index (χ3v) is 4.30. The Morgan fingerprint density at radius 3 is 2.50 bits per heavy atom. The fourth-order valence-electron chi connectivity index (χ4n) is 3.01. The van der Waals surface area contributed by atoms with E-state index in [0.29, 0.717) is 17.4 Å². The van der Waals surface area contributed by atoms with E-state index in [9.17, 15) is 0 Å². The van der Waals surface area contributed by atoms with E-state index in [1.165, 1.54) is 24.8 Å². The normalized spacial score (nSPS) is 12.3. The third kappa shape index (κ3) is 3.21. The second kappa shape index (κ2) is 7.25. The summed E-state index contributed by atoms with van der Waals surface area (Å²) in [5.41, 5.74) is 17.0. The maximum atomic E-state index is 6.18. The molecule has 118 valence electrons. The van der Waals surface area contributed by atoms with Crippen molar-refractivity contribution in [2.24, 2.45) is 0 Å². The van der Waals surface area contributed by atoms with Gasteiger partial charge in [-0.2, -0.15) is 0 Å². The van der Waals surface area contributed by atoms with Gasteiger partial charge in [0.2, 0.25) is 0 Å². The minimum Gasteiger partial charge on any atom is -0.395 e. The van der Waals surface area contributed by atoms with Crippen LogP contribution < -0.4 is 11.5 Å². The molecule has 2 rings (SSSR count). The molecule has 0 fully saturated rings. The van der Waals surface area contributed by atoms with Crippen molar-refractivity contribution < 1.29 is 0 Å². The summed E-state index contributed by atoms with van der Waals surface area (Å²) in [6, 6.07) is 4.06. The van der Waals surface area contributed by atoms with Crippen molar-refractivity contribution in [3.63, 3.8) is 0 Å². The molecule has 4 nitrogen and oxygen atoms in total. The van der Waals surface area contributed by atoms with E-state index in [1.54, 1.807) is 6.20 Å². The first-order valence-electron chi connectivity index (χ1n) is 8.05. The van der Waals surface area contributed by atoms with Crippen LogP contribution in [0.25, 0.3) is 11.1 Å². The Morgan fingerprint density at radius 1 is 1.09 bits per heavy atom. The van der Waals surface area contributed by atoms with Crippen molar-refractivity contribution in [1.29, 1.82) is 0 Å². The van der Waals surface area contributed by atoms with Crippen LogP contribution in [0.5, 0.6) is 0 Å². The Balaban J connectivity index is 2.57. The average Bonchev–Trinajstić information content (AvgIpc) is 2.51. The van der Waals surface area contributed by atoms with E-state index in [2.05, 4.69) is 29.9 Å². The molecule has 4 heteroatoms. The molecular formula is C18H26N4. The first-order valence-corrected chi connectivity index (χ1v) is 8.05. The molecule has 22 heavy (non-hydrogen) atoms. The van der Waals surface area contributed by atoms with Crippen LogP contribution in [0, 0.1) is 6.92 Å². The molecule has 0 saturated carbocycles. The van der Waals surface area contributed by atoms with Gasteiger partial charge in [0, 0.05) is 29.2 Å². The number of aromatic nitrogens is 2. The smallest absolute Gasteiger partial charge is 0.147 e. The van der Waals surface area contributed by atoms with E-state index in [1.807, 2.05) is 19.2 Å². The van der Waals surface area contributed by atoms with Gasteiger partial charge in [0.05, 0.1) is 5.69 Å². The van der Waals surface area contributed by atoms with Gasteiger partial charge in [0.15, 0.2) is 0 Å². The monoisotopic (exact) mass is 298 g/mol. The molecule has 0 amide bonds. The van der Waals surface area contributed by atoms with Crippen molar-refractivity contribution in [1.82, 2.24) is 9.97 Å². The van der Waals surface area contributed by atoms with Crippen molar-refractivity contribution in [2.45, 2.75) is 52.4 Å². The zero-order chi connectivity index (χ0) is 16.1. The van der Waals surface area contributed by atoms with E-state index in [4.69, 9.17) is 11.5 Å². The Hall–Kier alpha value is -2.10. The SMILES string of the molecule is CCCCC(CC)c1ccnc(C)c1-c1ccnc(N)c1N. The lowest BCUT2D eigenvalue weighted by Gasteiger charge is -2.21. The van der Waals surface area contributed by atoms with Crippen LogP contribution in [0.15, 0.2) is 24.5 Å². The molecule has 1 atom stereocenters. The minimum absolute atomic E-state index is 0.383. The molecule has 0 aromatic carbocycles. The Labute approximate surface area is 133 Å². The summed E-state index contributed by atoms with van der Waals surface area (Å²) in [6.45, 7) is 6.50. The molecule has 0 saturated heterocycles. The molecule has 2 aromatic rings. The lowest BCUT2D eigenvalue weighted by molar-refractivity contribution is 0.570. The first kappa shape index (κ1) is 16.3. The largest absolute Gasteiger partial charge is 0.395 e. The highest BCUT2D eigenvalue weighted by Gasteiger charge is 2.19. The quantitative estimate of drug-likeness (QED) is 0.833. The lowest BCUT2D eigenvalue weighted by atomic mass is 9.85. The summed E-state index contributed by atoms with van der Waals surface area (Å²) in [5, 5.41) is 0. The van der Waals surface area contributed by atoms with Crippen LogP contribution >= 0.6 is 0 Å². The lowest BCUT2D eigenvalue weighted by Crippen LogP contribution is -2.06. The fourth-order valence-corrected chi connectivity index (χ4v) is 3.01. The van der Waals surface area contributed by atoms with Gasteiger partial charge in [0.1, 0.15) is 5.82 Å². The van der Waals surface area contributed by atoms with E-state index in [0.717, 1.165) is 23.2 Å². The molecular weight excluding hydrogens is 272 g/mol. The molecule has 0 bridgehead atoms. The topological polar surface area (TPSA) is 77.8 Å². The number of rotatable bonds is 6. The summed E-state index contributed by atoms with van der Waals surface area (Å²) in [7, 11) is 0. The zero-order valence-corrected chi connectivity index (χ0v) is 13.8. The van der Waals surface area contributed by atoms with Crippen molar-refractivity contribution in [2.75, 3.05) is 11.5 Å². The summed E-state index contributed by atoms with van der Waals surface area (Å²) in [5.74, 6) is 0.902. The first-order chi connectivity index (χ1) is 10.6. The highest BCUT2D eigenvalue weighted by Crippen LogP contribution is 2.38. The van der Waals surface area contributed by atoms with Gasteiger partial charge < -0.3 is 11.5 Å². The molecule has 4 N–H and O–H groups in total. The number of aryl methyl sites for hydroxylation is 1. The standard InChI is InChI=1S/C18H26N4/c1-4-6-7-13(5-2)14-8-10-21-12(3)16(14)15-9-11-22-18(20)17(15)19/h8-11,13H,4-7,19H2,1-3H3,(H2,20,22).